The molecule has 0 saturated carbocycles. The Hall–Kier alpha value is -3.54. The standard InChI is InChI=1S/C21H20N2O4/c1-3-27-19-9-8-14(10-20(19)26-2)13-22-23-21(25)17-11-15-6-4-5-7-16(15)12-18(17)24/h4-13,24H,3H2,1-2H3,(H,23,25)/b22-13+. The minimum Gasteiger partial charge on any atom is -0.507 e. The molecule has 27 heavy (non-hydrogen) atoms. The van der Waals surface area contributed by atoms with Crippen molar-refractivity contribution in [2.45, 2.75) is 6.92 Å². The molecule has 0 unspecified atom stereocenters. The van der Waals surface area contributed by atoms with E-state index < -0.39 is 5.91 Å². The number of nitrogens with one attached hydrogen (secondary N) is 1. The Morgan fingerprint density at radius 2 is 1.85 bits per heavy atom. The third-order valence-corrected chi connectivity index (χ3v) is 3.98. The highest BCUT2D eigenvalue weighted by Gasteiger charge is 2.12. The van der Waals surface area contributed by atoms with Crippen LogP contribution >= 0.6 is 0 Å². The maximum absolute atomic E-state index is 12.3. The highest BCUT2D eigenvalue weighted by molar-refractivity contribution is 6.01. The summed E-state index contributed by atoms with van der Waals surface area (Å²) in [6, 6.07) is 16.0. The second-order valence-corrected chi connectivity index (χ2v) is 5.76. The molecule has 0 radical (unpaired) electrons. The fourth-order valence-corrected chi connectivity index (χ4v) is 2.68. The molecule has 0 spiro atoms. The molecule has 0 aliphatic heterocycles. The zero-order chi connectivity index (χ0) is 19.2. The first kappa shape index (κ1) is 18.3. The molecule has 6 nitrogen and oxygen atoms in total. The molecule has 0 aliphatic carbocycles. The number of carbonyl (C=O) groups excluding carboxylic acids is 1. The van der Waals surface area contributed by atoms with Gasteiger partial charge in [-0.1, -0.05) is 24.3 Å². The summed E-state index contributed by atoms with van der Waals surface area (Å²) >= 11 is 0. The Morgan fingerprint density at radius 3 is 2.56 bits per heavy atom. The summed E-state index contributed by atoms with van der Waals surface area (Å²) in [5.74, 6) is 0.637. The Bertz CT molecular complexity index is 999. The summed E-state index contributed by atoms with van der Waals surface area (Å²) in [6.07, 6.45) is 1.49. The predicted molar refractivity (Wildman–Crippen MR) is 105 cm³/mol. The van der Waals surface area contributed by atoms with E-state index in [4.69, 9.17) is 9.47 Å². The van der Waals surface area contributed by atoms with E-state index >= 15 is 0 Å². The molecule has 2 N–H and O–H groups in total. The van der Waals surface area contributed by atoms with Crippen LogP contribution < -0.4 is 14.9 Å². The van der Waals surface area contributed by atoms with Crippen LogP contribution in [-0.4, -0.2) is 30.9 Å². The van der Waals surface area contributed by atoms with E-state index in [2.05, 4.69) is 10.5 Å². The van der Waals surface area contributed by atoms with Gasteiger partial charge in [0.05, 0.1) is 25.5 Å². The van der Waals surface area contributed by atoms with Crippen molar-refractivity contribution >= 4 is 22.9 Å². The van der Waals surface area contributed by atoms with E-state index in [0.717, 1.165) is 16.3 Å². The highest BCUT2D eigenvalue weighted by atomic mass is 16.5. The molecule has 0 atom stereocenters. The molecule has 0 fully saturated rings. The van der Waals surface area contributed by atoms with Crippen LogP contribution in [0.1, 0.15) is 22.8 Å². The number of aromatic hydroxyl groups is 1. The maximum Gasteiger partial charge on any atom is 0.275 e. The molecule has 0 heterocycles. The molecule has 3 aromatic carbocycles. The normalized spacial score (nSPS) is 10.9. The number of hydrogen-bond acceptors (Lipinski definition) is 5. The number of nitrogens with zero attached hydrogens (tertiary/aromatic N) is 1. The number of ether oxygens (including phenoxy) is 2. The minimum atomic E-state index is -0.493. The third kappa shape index (κ3) is 4.17. The molecule has 0 aromatic heterocycles. The fourth-order valence-electron chi connectivity index (χ4n) is 2.68. The number of methoxy groups -OCH3 is 1. The zero-order valence-electron chi connectivity index (χ0n) is 15.1. The van der Waals surface area contributed by atoms with Crippen LogP contribution in [0.15, 0.2) is 59.7 Å². The first-order chi connectivity index (χ1) is 13.1. The van der Waals surface area contributed by atoms with Gasteiger partial charge in [0.25, 0.3) is 5.91 Å². The minimum absolute atomic E-state index is 0.0934. The molecule has 6 heteroatoms. The zero-order valence-corrected chi connectivity index (χ0v) is 15.1. The predicted octanol–water partition coefficient (Wildman–Crippen LogP) is 3.72. The molecule has 0 bridgehead atoms. The van der Waals surface area contributed by atoms with Crippen molar-refractivity contribution in [1.29, 1.82) is 0 Å². The van der Waals surface area contributed by atoms with Crippen LogP contribution in [0.3, 0.4) is 0 Å². The number of hydrogen-bond donors (Lipinski definition) is 2. The van der Waals surface area contributed by atoms with Crippen LogP contribution in [0.4, 0.5) is 0 Å². The smallest absolute Gasteiger partial charge is 0.275 e. The number of phenols is 1. The Morgan fingerprint density at radius 1 is 1.11 bits per heavy atom. The lowest BCUT2D eigenvalue weighted by Crippen LogP contribution is -2.17. The van der Waals surface area contributed by atoms with Crippen LogP contribution in [0.25, 0.3) is 10.8 Å². The number of fused-ring (bicyclic) bond motifs is 1. The van der Waals surface area contributed by atoms with E-state index in [0.29, 0.717) is 18.1 Å². The van der Waals surface area contributed by atoms with Crippen molar-refractivity contribution in [1.82, 2.24) is 5.43 Å². The van der Waals surface area contributed by atoms with Gasteiger partial charge in [-0.25, -0.2) is 5.43 Å². The largest absolute Gasteiger partial charge is 0.507 e. The first-order valence-electron chi connectivity index (χ1n) is 8.48. The van der Waals surface area contributed by atoms with Gasteiger partial charge in [-0.3, -0.25) is 4.79 Å². The van der Waals surface area contributed by atoms with Gasteiger partial charge in [-0.2, -0.15) is 5.10 Å². The van der Waals surface area contributed by atoms with Crippen molar-refractivity contribution < 1.29 is 19.4 Å². The Kier molecular flexibility index (Phi) is 5.56. The van der Waals surface area contributed by atoms with Gasteiger partial charge < -0.3 is 14.6 Å². The number of benzene rings is 3. The van der Waals surface area contributed by atoms with Crippen molar-refractivity contribution in [2.24, 2.45) is 5.10 Å². The van der Waals surface area contributed by atoms with Gasteiger partial charge >= 0.3 is 0 Å². The van der Waals surface area contributed by atoms with Gasteiger partial charge in [0.15, 0.2) is 11.5 Å². The van der Waals surface area contributed by atoms with Crippen LogP contribution in [0.5, 0.6) is 17.2 Å². The second kappa shape index (κ2) is 8.23. The Balaban J connectivity index is 1.74. The van der Waals surface area contributed by atoms with E-state index in [9.17, 15) is 9.90 Å². The fraction of sp³-hybridized carbons (Fsp3) is 0.143. The van der Waals surface area contributed by atoms with Crippen molar-refractivity contribution in [3.05, 3.63) is 65.7 Å². The van der Waals surface area contributed by atoms with Crippen LogP contribution in [-0.2, 0) is 0 Å². The van der Waals surface area contributed by atoms with Gasteiger partial charge in [-0.05, 0) is 53.6 Å². The van der Waals surface area contributed by atoms with Gasteiger partial charge in [-0.15, -0.1) is 0 Å². The number of carbonyl (C=O) groups is 1. The van der Waals surface area contributed by atoms with Crippen molar-refractivity contribution in [3.8, 4) is 17.2 Å². The van der Waals surface area contributed by atoms with E-state index in [-0.39, 0.29) is 11.3 Å². The summed E-state index contributed by atoms with van der Waals surface area (Å²) in [4.78, 5) is 12.3. The van der Waals surface area contributed by atoms with E-state index in [1.54, 1.807) is 37.4 Å². The molecule has 138 valence electrons. The number of phenolic OH excluding ortho intramolecular Hbond substituents is 1. The first-order valence-corrected chi connectivity index (χ1v) is 8.48. The third-order valence-electron chi connectivity index (χ3n) is 3.98. The summed E-state index contributed by atoms with van der Waals surface area (Å²) in [6.45, 7) is 2.43. The average Bonchev–Trinajstić information content (AvgIpc) is 2.68. The quantitative estimate of drug-likeness (QED) is 0.516. The molecule has 0 aliphatic rings. The second-order valence-electron chi connectivity index (χ2n) is 5.76. The lowest BCUT2D eigenvalue weighted by molar-refractivity contribution is 0.0952. The summed E-state index contributed by atoms with van der Waals surface area (Å²) in [5.41, 5.74) is 3.33. The molecule has 3 rings (SSSR count). The molecule has 1 amide bonds. The molecular weight excluding hydrogens is 344 g/mol. The SMILES string of the molecule is CCOc1ccc(/C=N/NC(=O)c2cc3ccccc3cc2O)cc1OC. The topological polar surface area (TPSA) is 80.2 Å². The lowest BCUT2D eigenvalue weighted by atomic mass is 10.1. The summed E-state index contributed by atoms with van der Waals surface area (Å²) in [7, 11) is 1.56. The summed E-state index contributed by atoms with van der Waals surface area (Å²) < 4.78 is 10.7. The van der Waals surface area contributed by atoms with E-state index in [1.165, 1.54) is 6.21 Å². The van der Waals surface area contributed by atoms with Crippen molar-refractivity contribution in [2.75, 3.05) is 13.7 Å². The number of amides is 1. The average molecular weight is 364 g/mol. The maximum atomic E-state index is 12.3. The van der Waals surface area contributed by atoms with Gasteiger partial charge in [0.1, 0.15) is 5.75 Å². The van der Waals surface area contributed by atoms with Gasteiger partial charge in [0, 0.05) is 0 Å². The highest BCUT2D eigenvalue weighted by Crippen LogP contribution is 2.27. The van der Waals surface area contributed by atoms with Crippen molar-refractivity contribution in [3.63, 3.8) is 0 Å². The van der Waals surface area contributed by atoms with Crippen LogP contribution in [0, 0.1) is 0 Å². The monoisotopic (exact) mass is 364 g/mol. The van der Waals surface area contributed by atoms with E-state index in [1.807, 2.05) is 31.2 Å². The molecular formula is C21H20N2O4. The summed E-state index contributed by atoms with van der Waals surface area (Å²) in [5, 5.41) is 15.8. The lowest BCUT2D eigenvalue weighted by Gasteiger charge is -2.09. The molecule has 0 saturated heterocycles. The number of hydrazone groups is 1. The Labute approximate surface area is 157 Å². The molecule has 3 aromatic rings. The number of rotatable bonds is 6. The van der Waals surface area contributed by atoms with Crippen LogP contribution in [0.2, 0.25) is 0 Å². The van der Waals surface area contributed by atoms with Gasteiger partial charge in [0.2, 0.25) is 0 Å².